The highest BCUT2D eigenvalue weighted by Gasteiger charge is 2.40. The van der Waals surface area contributed by atoms with E-state index in [9.17, 15) is 14.7 Å². The second kappa shape index (κ2) is 6.44. The molecule has 0 radical (unpaired) electrons. The number of hydrogen-bond donors (Lipinski definition) is 2. The average Bonchev–Trinajstić information content (AvgIpc) is 3.06. The van der Waals surface area contributed by atoms with Gasteiger partial charge in [0.2, 0.25) is 0 Å². The average molecular weight is 312 g/mol. The number of nitrogens with zero attached hydrogens (tertiary/aromatic N) is 2. The van der Waals surface area contributed by atoms with Crippen molar-refractivity contribution in [2.24, 2.45) is 0 Å². The maximum absolute atomic E-state index is 12.5. The molecule has 21 heavy (non-hydrogen) atoms. The Bertz CT molecular complexity index is 505. The molecule has 116 valence electrons. The lowest BCUT2D eigenvalue weighted by Crippen LogP contribution is -2.49. The summed E-state index contributed by atoms with van der Waals surface area (Å²) < 4.78 is 0. The molecule has 1 aliphatic rings. The molecule has 2 rings (SSSR count). The third kappa shape index (κ3) is 3.54. The minimum Gasteiger partial charge on any atom is -0.480 e. The summed E-state index contributed by atoms with van der Waals surface area (Å²) in [7, 11) is 1.67. The summed E-state index contributed by atoms with van der Waals surface area (Å²) in [6.07, 6.45) is 0.0541. The van der Waals surface area contributed by atoms with Gasteiger partial charge in [-0.2, -0.15) is 0 Å². The Labute approximate surface area is 127 Å². The number of likely N-dealkylation sites (N-methyl/N-ethyl adjacent to an activating group) is 1. The molecule has 0 bridgehead atoms. The van der Waals surface area contributed by atoms with Gasteiger partial charge in [0.05, 0.1) is 6.10 Å². The number of aliphatic hydroxyl groups is 1. The normalized spacial score (nSPS) is 23.1. The molecule has 1 saturated heterocycles. The summed E-state index contributed by atoms with van der Waals surface area (Å²) in [4.78, 5) is 27.6. The van der Waals surface area contributed by atoms with Crippen LogP contribution in [0.25, 0.3) is 0 Å². The predicted molar refractivity (Wildman–Crippen MR) is 79.4 cm³/mol. The van der Waals surface area contributed by atoms with Crippen molar-refractivity contribution in [2.45, 2.75) is 38.0 Å². The monoisotopic (exact) mass is 312 g/mol. The lowest BCUT2D eigenvalue weighted by Gasteiger charge is -2.31. The molecule has 2 amide bonds. The Kier molecular flexibility index (Phi) is 4.84. The van der Waals surface area contributed by atoms with Gasteiger partial charge >= 0.3 is 12.0 Å². The molecule has 1 aromatic heterocycles. The van der Waals surface area contributed by atoms with Gasteiger partial charge in [-0.3, -0.25) is 0 Å². The Morgan fingerprint density at radius 2 is 2.29 bits per heavy atom. The van der Waals surface area contributed by atoms with Crippen molar-refractivity contribution in [2.75, 3.05) is 13.6 Å². The summed E-state index contributed by atoms with van der Waals surface area (Å²) in [5.41, 5.74) is 0. The fourth-order valence-electron chi connectivity index (χ4n) is 2.51. The third-order valence-electron chi connectivity index (χ3n) is 3.85. The molecule has 1 aliphatic heterocycles. The van der Waals surface area contributed by atoms with Gasteiger partial charge in [-0.15, -0.1) is 11.3 Å². The molecular formula is C14H20N2O4S. The second-order valence-electron chi connectivity index (χ2n) is 5.42. The van der Waals surface area contributed by atoms with Crippen LogP contribution in [0.5, 0.6) is 0 Å². The molecule has 2 heterocycles. The lowest BCUT2D eigenvalue weighted by atomic mass is 10.2. The molecule has 2 unspecified atom stereocenters. The van der Waals surface area contributed by atoms with E-state index >= 15 is 0 Å². The molecule has 7 heteroatoms. The zero-order chi connectivity index (χ0) is 15.6. The number of rotatable bonds is 4. The van der Waals surface area contributed by atoms with Crippen LogP contribution in [0.4, 0.5) is 4.79 Å². The van der Waals surface area contributed by atoms with Crippen molar-refractivity contribution in [1.29, 1.82) is 0 Å². The number of carbonyl (C=O) groups excluding carboxylic acids is 1. The quantitative estimate of drug-likeness (QED) is 0.877. The molecular weight excluding hydrogens is 292 g/mol. The van der Waals surface area contributed by atoms with E-state index in [1.54, 1.807) is 23.3 Å². The summed E-state index contributed by atoms with van der Waals surface area (Å²) in [5, 5.41) is 20.8. The molecule has 3 atom stereocenters. The Balaban J connectivity index is 2.02. The number of carboxylic acid groups (broad SMARTS) is 1. The molecule has 0 spiro atoms. The van der Waals surface area contributed by atoms with Gasteiger partial charge < -0.3 is 20.0 Å². The molecule has 0 saturated carbocycles. The standard InChI is InChI=1S/C14H20N2O4S/c1-9(6-11-4-3-5-21-11)15(2)14(20)16-8-10(17)7-12(16)13(18)19/h3-5,9-10,12,17H,6-8H2,1-2H3,(H,18,19)/t9?,10?,12-/m0/s1. The molecule has 1 aromatic rings. The molecule has 6 nitrogen and oxygen atoms in total. The van der Waals surface area contributed by atoms with Gasteiger partial charge in [-0.05, 0) is 18.4 Å². The Morgan fingerprint density at radius 1 is 1.57 bits per heavy atom. The largest absolute Gasteiger partial charge is 0.480 e. The summed E-state index contributed by atoms with van der Waals surface area (Å²) in [6, 6.07) is 2.65. The number of thiophene rings is 1. The van der Waals surface area contributed by atoms with Crippen LogP contribution in [0.2, 0.25) is 0 Å². The fourth-order valence-corrected chi connectivity index (χ4v) is 3.33. The molecule has 1 fully saturated rings. The first-order valence-corrected chi connectivity index (χ1v) is 7.74. The van der Waals surface area contributed by atoms with E-state index in [4.69, 9.17) is 5.11 Å². The van der Waals surface area contributed by atoms with Gasteiger partial charge in [0.15, 0.2) is 0 Å². The van der Waals surface area contributed by atoms with E-state index in [0.29, 0.717) is 0 Å². The van der Waals surface area contributed by atoms with Gasteiger partial charge in [0, 0.05) is 37.4 Å². The Morgan fingerprint density at radius 3 is 2.86 bits per heavy atom. The number of hydrogen-bond acceptors (Lipinski definition) is 4. The van der Waals surface area contributed by atoms with Gasteiger partial charge in [0.1, 0.15) is 6.04 Å². The topological polar surface area (TPSA) is 81.1 Å². The van der Waals surface area contributed by atoms with Crippen LogP contribution >= 0.6 is 11.3 Å². The van der Waals surface area contributed by atoms with Crippen molar-refractivity contribution in [3.63, 3.8) is 0 Å². The van der Waals surface area contributed by atoms with E-state index in [2.05, 4.69) is 0 Å². The van der Waals surface area contributed by atoms with Crippen LogP contribution in [0.1, 0.15) is 18.2 Å². The number of aliphatic carboxylic acids is 1. The number of aliphatic hydroxyl groups excluding tert-OH is 1. The van der Waals surface area contributed by atoms with E-state index in [1.807, 2.05) is 24.4 Å². The summed E-state index contributed by atoms with van der Waals surface area (Å²) in [5.74, 6) is -1.07. The first-order valence-electron chi connectivity index (χ1n) is 6.86. The zero-order valence-corrected chi connectivity index (χ0v) is 12.9. The number of β-amino-alcohol motifs (C(OH)–C–C–N with tert-alkyl or cyclic N) is 1. The van der Waals surface area contributed by atoms with Crippen molar-refractivity contribution < 1.29 is 19.8 Å². The smallest absolute Gasteiger partial charge is 0.326 e. The third-order valence-corrected chi connectivity index (χ3v) is 4.75. The minimum absolute atomic E-state index is 0.0386. The molecule has 0 aromatic carbocycles. The molecule has 2 N–H and O–H groups in total. The van der Waals surface area contributed by atoms with Crippen LogP contribution in [0.3, 0.4) is 0 Å². The van der Waals surface area contributed by atoms with E-state index in [-0.39, 0.29) is 25.0 Å². The van der Waals surface area contributed by atoms with Crippen molar-refractivity contribution in [3.8, 4) is 0 Å². The second-order valence-corrected chi connectivity index (χ2v) is 6.45. The highest BCUT2D eigenvalue weighted by atomic mass is 32.1. The summed E-state index contributed by atoms with van der Waals surface area (Å²) in [6.45, 7) is 2.01. The van der Waals surface area contributed by atoms with Crippen molar-refractivity contribution in [3.05, 3.63) is 22.4 Å². The summed E-state index contributed by atoms with van der Waals surface area (Å²) >= 11 is 1.63. The van der Waals surface area contributed by atoms with Gasteiger partial charge in [0.25, 0.3) is 0 Å². The van der Waals surface area contributed by atoms with Gasteiger partial charge in [-0.1, -0.05) is 6.07 Å². The van der Waals surface area contributed by atoms with E-state index in [1.165, 1.54) is 9.78 Å². The maximum atomic E-state index is 12.5. The van der Waals surface area contributed by atoms with Crippen LogP contribution in [0, 0.1) is 0 Å². The van der Waals surface area contributed by atoms with Crippen LogP contribution in [-0.2, 0) is 11.2 Å². The van der Waals surface area contributed by atoms with Crippen molar-refractivity contribution in [1.82, 2.24) is 9.80 Å². The highest BCUT2D eigenvalue weighted by molar-refractivity contribution is 7.09. The van der Waals surface area contributed by atoms with Crippen LogP contribution in [-0.4, -0.2) is 63.8 Å². The maximum Gasteiger partial charge on any atom is 0.326 e. The molecule has 0 aliphatic carbocycles. The minimum atomic E-state index is -1.07. The number of carboxylic acids is 1. The predicted octanol–water partition coefficient (Wildman–Crippen LogP) is 1.25. The number of carbonyl (C=O) groups is 2. The number of amides is 2. The fraction of sp³-hybridized carbons (Fsp3) is 0.571. The first-order chi connectivity index (χ1) is 9.90. The van der Waals surface area contributed by atoms with Crippen LogP contribution in [0.15, 0.2) is 17.5 Å². The van der Waals surface area contributed by atoms with Gasteiger partial charge in [-0.25, -0.2) is 9.59 Å². The van der Waals surface area contributed by atoms with E-state index in [0.717, 1.165) is 6.42 Å². The van der Waals surface area contributed by atoms with E-state index < -0.39 is 18.1 Å². The Hall–Kier alpha value is -1.60. The lowest BCUT2D eigenvalue weighted by molar-refractivity contribution is -0.141. The first kappa shape index (κ1) is 15.8. The SMILES string of the molecule is CC(Cc1cccs1)N(C)C(=O)N1CC(O)C[C@H]1C(=O)O. The van der Waals surface area contributed by atoms with Crippen LogP contribution < -0.4 is 0 Å². The highest BCUT2D eigenvalue weighted by Crippen LogP contribution is 2.21. The zero-order valence-electron chi connectivity index (χ0n) is 12.1. The number of urea groups is 1. The number of likely N-dealkylation sites (tertiary alicyclic amines) is 1. The van der Waals surface area contributed by atoms with Crippen molar-refractivity contribution >= 4 is 23.3 Å².